The number of amides is 1. The summed E-state index contributed by atoms with van der Waals surface area (Å²) in [5, 5.41) is 2.80. The highest BCUT2D eigenvalue weighted by Gasteiger charge is 2.32. The number of H-pyrrole nitrogens is 2. The van der Waals surface area contributed by atoms with Gasteiger partial charge in [0.25, 0.3) is 5.91 Å². The predicted molar refractivity (Wildman–Crippen MR) is 104 cm³/mol. The summed E-state index contributed by atoms with van der Waals surface area (Å²) in [6.07, 6.45) is 1.74. The van der Waals surface area contributed by atoms with Gasteiger partial charge in [0.05, 0.1) is 23.0 Å². The minimum atomic E-state index is -3.36. The van der Waals surface area contributed by atoms with E-state index in [1.807, 2.05) is 6.92 Å². The van der Waals surface area contributed by atoms with E-state index in [-0.39, 0.29) is 17.6 Å². The number of fused-ring (bicyclic) bond motifs is 2. The third-order valence-electron chi connectivity index (χ3n) is 4.63. The molecule has 27 heavy (non-hydrogen) atoms. The number of rotatable bonds is 3. The quantitative estimate of drug-likeness (QED) is 0.637. The highest BCUT2D eigenvalue weighted by Crippen LogP contribution is 2.34. The topological polar surface area (TPSA) is 115 Å². The molecule has 0 saturated carbocycles. The Morgan fingerprint density at radius 2 is 1.89 bits per heavy atom. The lowest BCUT2D eigenvalue weighted by molar-refractivity contribution is 0.102. The van der Waals surface area contributed by atoms with Gasteiger partial charge in [0.1, 0.15) is 0 Å². The summed E-state index contributed by atoms with van der Waals surface area (Å²) >= 11 is 0. The lowest BCUT2D eigenvalue weighted by Crippen LogP contribution is -2.34. The summed E-state index contributed by atoms with van der Waals surface area (Å²) in [5.74, 6) is -0.305. The molecule has 3 aromatic rings. The van der Waals surface area contributed by atoms with E-state index >= 15 is 0 Å². The molecule has 0 bridgehead atoms. The highest BCUT2D eigenvalue weighted by molar-refractivity contribution is 7.92. The van der Waals surface area contributed by atoms with Crippen LogP contribution in [0, 0.1) is 0 Å². The van der Waals surface area contributed by atoms with Crippen molar-refractivity contribution in [3.8, 4) is 0 Å². The third kappa shape index (κ3) is 3.10. The maximum Gasteiger partial charge on any atom is 0.323 e. The zero-order chi connectivity index (χ0) is 19.3. The van der Waals surface area contributed by atoms with Gasteiger partial charge in [0.2, 0.25) is 10.0 Å². The number of carbonyl (C=O) groups excluding carboxylic acids is 1. The van der Waals surface area contributed by atoms with E-state index in [1.54, 1.807) is 36.4 Å². The molecule has 2 aromatic carbocycles. The minimum Gasteiger partial charge on any atom is -0.322 e. The summed E-state index contributed by atoms with van der Waals surface area (Å²) in [5.41, 5.74) is 3.39. The molecule has 1 aliphatic heterocycles. The van der Waals surface area contributed by atoms with Crippen molar-refractivity contribution in [2.24, 2.45) is 0 Å². The summed E-state index contributed by atoms with van der Waals surface area (Å²) in [4.78, 5) is 29.2. The van der Waals surface area contributed by atoms with Crippen LogP contribution >= 0.6 is 0 Å². The lowest BCUT2D eigenvalue weighted by Gasteiger charge is -2.21. The number of carbonyl (C=O) groups is 1. The van der Waals surface area contributed by atoms with E-state index in [2.05, 4.69) is 15.3 Å². The van der Waals surface area contributed by atoms with Crippen LogP contribution in [0.25, 0.3) is 11.0 Å². The number of hydrogen-bond donors (Lipinski definition) is 3. The van der Waals surface area contributed by atoms with Gasteiger partial charge in [-0.25, -0.2) is 13.2 Å². The maximum absolute atomic E-state index is 12.6. The van der Waals surface area contributed by atoms with Gasteiger partial charge < -0.3 is 15.3 Å². The van der Waals surface area contributed by atoms with Gasteiger partial charge in [-0.3, -0.25) is 9.10 Å². The van der Waals surface area contributed by atoms with Crippen LogP contribution in [0.2, 0.25) is 0 Å². The molecule has 4 rings (SSSR count). The van der Waals surface area contributed by atoms with Gasteiger partial charge >= 0.3 is 5.69 Å². The van der Waals surface area contributed by atoms with Crippen LogP contribution in [0.3, 0.4) is 0 Å². The van der Waals surface area contributed by atoms with Crippen molar-refractivity contribution < 1.29 is 13.2 Å². The fourth-order valence-electron chi connectivity index (χ4n) is 3.56. The SMILES string of the molecule is CC1Cc2cc(C(=O)Nc3ccc4[nH]c(=O)[nH]c4c3)ccc2N1S(C)(=O)=O. The first-order chi connectivity index (χ1) is 12.7. The van der Waals surface area contributed by atoms with Crippen molar-refractivity contribution in [1.29, 1.82) is 0 Å². The molecular weight excluding hydrogens is 368 g/mol. The second-order valence-corrected chi connectivity index (χ2v) is 8.61. The third-order valence-corrected chi connectivity index (χ3v) is 5.90. The average Bonchev–Trinajstić information content (AvgIpc) is 3.10. The molecule has 0 fully saturated rings. The average molecular weight is 386 g/mol. The van der Waals surface area contributed by atoms with Crippen molar-refractivity contribution in [1.82, 2.24) is 9.97 Å². The maximum atomic E-state index is 12.6. The normalized spacial score (nSPS) is 16.5. The summed E-state index contributed by atoms with van der Waals surface area (Å²) in [7, 11) is -3.36. The highest BCUT2D eigenvalue weighted by atomic mass is 32.2. The Morgan fingerprint density at radius 3 is 2.63 bits per heavy atom. The van der Waals surface area contributed by atoms with E-state index < -0.39 is 10.0 Å². The first-order valence-corrected chi connectivity index (χ1v) is 10.2. The van der Waals surface area contributed by atoms with Crippen LogP contribution in [-0.2, 0) is 16.4 Å². The Bertz CT molecular complexity index is 1230. The van der Waals surface area contributed by atoms with E-state index in [1.165, 1.54) is 10.6 Å². The standard InChI is InChI=1S/C18H18N4O4S/c1-10-7-12-8-11(3-6-16(12)22(10)27(2,25)26)17(23)19-13-4-5-14-15(9-13)21-18(24)20-14/h3-6,8-10H,7H2,1-2H3,(H,19,23)(H2,20,21,24). The fraction of sp³-hybridized carbons (Fsp3) is 0.222. The predicted octanol–water partition coefficient (Wildman–Crippen LogP) is 1.82. The van der Waals surface area contributed by atoms with E-state index in [0.717, 1.165) is 5.56 Å². The van der Waals surface area contributed by atoms with Gasteiger partial charge in [-0.15, -0.1) is 0 Å². The van der Waals surface area contributed by atoms with Crippen molar-refractivity contribution >= 4 is 38.3 Å². The molecule has 140 valence electrons. The number of nitrogens with one attached hydrogen (secondary N) is 3. The van der Waals surface area contributed by atoms with E-state index in [0.29, 0.717) is 34.4 Å². The largest absolute Gasteiger partial charge is 0.323 e. The Morgan fingerprint density at radius 1 is 1.15 bits per heavy atom. The van der Waals surface area contributed by atoms with Crippen LogP contribution in [-0.4, -0.2) is 36.6 Å². The van der Waals surface area contributed by atoms with Gasteiger partial charge in [0.15, 0.2) is 0 Å². The molecule has 0 radical (unpaired) electrons. The molecule has 8 nitrogen and oxygen atoms in total. The Labute approximate surface area is 155 Å². The van der Waals surface area contributed by atoms with Crippen LogP contribution in [0.1, 0.15) is 22.8 Å². The first kappa shape index (κ1) is 17.3. The summed E-state index contributed by atoms with van der Waals surface area (Å²) < 4.78 is 25.4. The lowest BCUT2D eigenvalue weighted by atomic mass is 10.1. The summed E-state index contributed by atoms with van der Waals surface area (Å²) in [6.45, 7) is 1.84. The Hall–Kier alpha value is -3.07. The number of nitrogens with zero attached hydrogens (tertiary/aromatic N) is 1. The molecule has 1 aromatic heterocycles. The zero-order valence-electron chi connectivity index (χ0n) is 14.7. The second-order valence-electron chi connectivity index (χ2n) is 6.75. The number of aromatic amines is 2. The molecule has 1 amide bonds. The van der Waals surface area contributed by atoms with Crippen molar-refractivity contribution in [3.63, 3.8) is 0 Å². The first-order valence-electron chi connectivity index (χ1n) is 8.38. The molecule has 9 heteroatoms. The van der Waals surface area contributed by atoms with Crippen molar-refractivity contribution in [3.05, 3.63) is 58.0 Å². The van der Waals surface area contributed by atoms with Crippen LogP contribution < -0.4 is 15.3 Å². The van der Waals surface area contributed by atoms with Crippen LogP contribution in [0.5, 0.6) is 0 Å². The second kappa shape index (κ2) is 5.98. The summed E-state index contributed by atoms with van der Waals surface area (Å²) in [6, 6.07) is 9.90. The number of benzene rings is 2. The fourth-order valence-corrected chi connectivity index (χ4v) is 4.83. The van der Waals surface area contributed by atoms with Crippen molar-refractivity contribution in [2.45, 2.75) is 19.4 Å². The Kier molecular flexibility index (Phi) is 3.84. The van der Waals surface area contributed by atoms with Gasteiger partial charge in [-0.05, 0) is 55.3 Å². The van der Waals surface area contributed by atoms with Crippen molar-refractivity contribution in [2.75, 3.05) is 15.9 Å². The van der Waals surface area contributed by atoms with Gasteiger partial charge in [-0.1, -0.05) is 0 Å². The van der Waals surface area contributed by atoms with Crippen LogP contribution in [0.4, 0.5) is 11.4 Å². The van der Waals surface area contributed by atoms with Gasteiger partial charge in [-0.2, -0.15) is 0 Å². The molecule has 1 unspecified atom stereocenters. The number of anilines is 2. The van der Waals surface area contributed by atoms with E-state index in [4.69, 9.17) is 0 Å². The molecule has 2 heterocycles. The molecular formula is C18H18N4O4S. The molecule has 1 aliphatic rings. The molecule has 3 N–H and O–H groups in total. The minimum absolute atomic E-state index is 0.180. The molecule has 0 saturated heterocycles. The monoisotopic (exact) mass is 386 g/mol. The number of imidazole rings is 1. The van der Waals surface area contributed by atoms with Crippen LogP contribution in [0.15, 0.2) is 41.2 Å². The smallest absolute Gasteiger partial charge is 0.322 e. The molecule has 1 atom stereocenters. The van der Waals surface area contributed by atoms with E-state index in [9.17, 15) is 18.0 Å². The van der Waals surface area contributed by atoms with Gasteiger partial charge in [0, 0.05) is 17.3 Å². The Balaban J connectivity index is 1.61. The zero-order valence-corrected chi connectivity index (χ0v) is 15.6. The number of hydrogen-bond acceptors (Lipinski definition) is 4. The molecule has 0 aliphatic carbocycles. The molecule has 0 spiro atoms. The number of sulfonamides is 1. The number of aromatic nitrogens is 2.